The fourth-order valence-electron chi connectivity index (χ4n) is 2.88. The Hall–Kier alpha value is -2.60. The van der Waals surface area contributed by atoms with Gasteiger partial charge in [0.25, 0.3) is 5.91 Å². The molecule has 136 valence electrons. The van der Waals surface area contributed by atoms with Gasteiger partial charge in [0.1, 0.15) is 12.4 Å². The topological polar surface area (TPSA) is 60.3 Å². The van der Waals surface area contributed by atoms with E-state index in [0.717, 1.165) is 28.2 Å². The number of aryl methyl sites for hydroxylation is 3. The number of amides is 1. The zero-order valence-electron chi connectivity index (χ0n) is 15.3. The molecule has 0 saturated heterocycles. The predicted octanol–water partition coefficient (Wildman–Crippen LogP) is 3.39. The van der Waals surface area contributed by atoms with E-state index in [1.165, 1.54) is 0 Å². The average Bonchev–Trinajstić information content (AvgIpc) is 2.89. The first kappa shape index (κ1) is 18.2. The van der Waals surface area contributed by atoms with Crippen molar-refractivity contribution in [3.63, 3.8) is 0 Å². The van der Waals surface area contributed by atoms with Gasteiger partial charge in [0.15, 0.2) is 5.65 Å². The van der Waals surface area contributed by atoms with Crippen LogP contribution >= 0.6 is 11.6 Å². The molecule has 6 nitrogen and oxygen atoms in total. The smallest absolute Gasteiger partial charge is 0.254 e. The quantitative estimate of drug-likeness (QED) is 0.688. The van der Waals surface area contributed by atoms with Gasteiger partial charge in [0.2, 0.25) is 0 Å². The molecule has 0 bridgehead atoms. The number of carbonyl (C=O) groups excluding carboxylic acids is 1. The lowest BCUT2D eigenvalue weighted by Gasteiger charge is -2.18. The van der Waals surface area contributed by atoms with Crippen LogP contribution in [0.5, 0.6) is 5.75 Å². The number of nitrogens with zero attached hydrogens (tertiary/aromatic N) is 4. The predicted molar refractivity (Wildman–Crippen MR) is 102 cm³/mol. The highest BCUT2D eigenvalue weighted by Crippen LogP contribution is 2.23. The Morgan fingerprint density at radius 3 is 2.65 bits per heavy atom. The zero-order chi connectivity index (χ0) is 18.8. The number of pyridine rings is 1. The minimum Gasteiger partial charge on any atom is -0.492 e. The van der Waals surface area contributed by atoms with E-state index >= 15 is 0 Å². The van der Waals surface area contributed by atoms with Gasteiger partial charge < -0.3 is 9.64 Å². The monoisotopic (exact) mass is 372 g/mol. The third-order valence-corrected chi connectivity index (χ3v) is 4.43. The minimum atomic E-state index is -0.0729. The van der Waals surface area contributed by atoms with Crippen LogP contribution in [0.2, 0.25) is 5.02 Å². The third kappa shape index (κ3) is 3.65. The summed E-state index contributed by atoms with van der Waals surface area (Å²) in [6.07, 6.45) is 0. The van der Waals surface area contributed by atoms with Gasteiger partial charge in [-0.15, -0.1) is 0 Å². The number of carbonyl (C=O) groups is 1. The van der Waals surface area contributed by atoms with E-state index in [0.29, 0.717) is 23.7 Å². The maximum Gasteiger partial charge on any atom is 0.254 e. The number of hydrogen-bond acceptors (Lipinski definition) is 4. The minimum absolute atomic E-state index is 0.0729. The molecule has 3 aromatic rings. The number of fused-ring (bicyclic) bond motifs is 1. The number of aromatic nitrogens is 3. The van der Waals surface area contributed by atoms with Crippen LogP contribution < -0.4 is 4.74 Å². The Morgan fingerprint density at radius 2 is 1.96 bits per heavy atom. The Labute approximate surface area is 157 Å². The first-order valence-electron chi connectivity index (χ1n) is 8.31. The maximum absolute atomic E-state index is 12.9. The molecular weight excluding hydrogens is 352 g/mol. The van der Waals surface area contributed by atoms with Gasteiger partial charge in [0.05, 0.1) is 23.2 Å². The molecule has 0 aliphatic carbocycles. The van der Waals surface area contributed by atoms with Crippen molar-refractivity contribution in [2.75, 3.05) is 20.2 Å². The number of halogens is 1. The molecule has 26 heavy (non-hydrogen) atoms. The third-order valence-electron chi connectivity index (χ3n) is 4.18. The second-order valence-corrected chi connectivity index (χ2v) is 6.68. The molecule has 0 saturated carbocycles. The van der Waals surface area contributed by atoms with Crippen molar-refractivity contribution in [1.82, 2.24) is 19.7 Å². The number of benzene rings is 1. The highest BCUT2D eigenvalue weighted by Gasteiger charge is 2.20. The number of likely N-dealkylation sites (N-methyl/N-ethyl adjacent to an activating group) is 1. The molecule has 0 spiro atoms. The van der Waals surface area contributed by atoms with E-state index in [1.54, 1.807) is 40.9 Å². The molecule has 0 atom stereocenters. The van der Waals surface area contributed by atoms with Crippen LogP contribution in [-0.2, 0) is 7.05 Å². The molecule has 1 amide bonds. The van der Waals surface area contributed by atoms with Gasteiger partial charge in [-0.1, -0.05) is 11.6 Å². The molecule has 0 radical (unpaired) electrons. The van der Waals surface area contributed by atoms with E-state index in [2.05, 4.69) is 10.1 Å². The molecule has 2 heterocycles. The Kier molecular flexibility index (Phi) is 5.13. The van der Waals surface area contributed by atoms with Crippen LogP contribution in [0, 0.1) is 13.8 Å². The Morgan fingerprint density at radius 1 is 1.27 bits per heavy atom. The lowest BCUT2D eigenvalue weighted by Crippen LogP contribution is -2.31. The molecule has 0 aliphatic rings. The van der Waals surface area contributed by atoms with Crippen molar-refractivity contribution < 1.29 is 9.53 Å². The van der Waals surface area contributed by atoms with Crippen LogP contribution in [0.1, 0.15) is 21.7 Å². The highest BCUT2D eigenvalue weighted by molar-refractivity contribution is 6.30. The fourth-order valence-corrected chi connectivity index (χ4v) is 3.00. The molecule has 0 aliphatic heterocycles. The molecule has 0 N–H and O–H groups in total. The standard InChI is InChI=1S/C19H21ClN4O2/c1-12-11-16(17-13(2)22-24(4)18(17)21-12)19(25)23(3)9-10-26-15-7-5-14(20)6-8-15/h5-8,11H,9-10H2,1-4H3. The first-order chi connectivity index (χ1) is 12.4. The molecule has 0 fully saturated rings. The molecule has 7 heteroatoms. The second kappa shape index (κ2) is 7.33. The number of hydrogen-bond donors (Lipinski definition) is 0. The van der Waals surface area contributed by atoms with Gasteiger partial charge in [-0.05, 0) is 44.2 Å². The van der Waals surface area contributed by atoms with Crippen molar-refractivity contribution in [2.24, 2.45) is 7.05 Å². The number of ether oxygens (including phenoxy) is 1. The van der Waals surface area contributed by atoms with Gasteiger partial charge in [0, 0.05) is 24.8 Å². The fraction of sp³-hybridized carbons (Fsp3) is 0.316. The van der Waals surface area contributed by atoms with Crippen LogP contribution in [0.25, 0.3) is 11.0 Å². The van der Waals surface area contributed by atoms with Crippen molar-refractivity contribution >= 4 is 28.5 Å². The number of rotatable bonds is 5. The summed E-state index contributed by atoms with van der Waals surface area (Å²) >= 11 is 5.86. The SMILES string of the molecule is Cc1cc(C(=O)N(C)CCOc2ccc(Cl)cc2)c2c(C)nn(C)c2n1. The summed E-state index contributed by atoms with van der Waals surface area (Å²) in [5.74, 6) is 0.650. The average molecular weight is 373 g/mol. The van der Waals surface area contributed by atoms with E-state index in [4.69, 9.17) is 16.3 Å². The summed E-state index contributed by atoms with van der Waals surface area (Å²) in [6.45, 7) is 4.62. The summed E-state index contributed by atoms with van der Waals surface area (Å²) in [5, 5.41) is 5.85. The lowest BCUT2D eigenvalue weighted by molar-refractivity contribution is 0.0775. The summed E-state index contributed by atoms with van der Waals surface area (Å²) in [6, 6.07) is 8.97. The molecule has 3 rings (SSSR count). The maximum atomic E-state index is 12.9. The van der Waals surface area contributed by atoms with Crippen molar-refractivity contribution in [1.29, 1.82) is 0 Å². The van der Waals surface area contributed by atoms with E-state index in [1.807, 2.05) is 27.0 Å². The van der Waals surface area contributed by atoms with E-state index < -0.39 is 0 Å². The highest BCUT2D eigenvalue weighted by atomic mass is 35.5. The molecular formula is C19H21ClN4O2. The largest absolute Gasteiger partial charge is 0.492 e. The van der Waals surface area contributed by atoms with Crippen LogP contribution in [0.4, 0.5) is 0 Å². The molecule has 1 aromatic carbocycles. The second-order valence-electron chi connectivity index (χ2n) is 6.25. The summed E-state index contributed by atoms with van der Waals surface area (Å²) in [4.78, 5) is 19.1. The molecule has 2 aromatic heterocycles. The summed E-state index contributed by atoms with van der Waals surface area (Å²) < 4.78 is 7.38. The van der Waals surface area contributed by atoms with Crippen molar-refractivity contribution in [3.05, 3.63) is 52.3 Å². The first-order valence-corrected chi connectivity index (χ1v) is 8.69. The summed E-state index contributed by atoms with van der Waals surface area (Å²) in [7, 11) is 3.60. The van der Waals surface area contributed by atoms with Gasteiger partial charge >= 0.3 is 0 Å². The zero-order valence-corrected chi connectivity index (χ0v) is 16.0. The Balaban J connectivity index is 1.74. The van der Waals surface area contributed by atoms with Gasteiger partial charge in [-0.3, -0.25) is 9.48 Å². The van der Waals surface area contributed by atoms with Gasteiger partial charge in [-0.25, -0.2) is 4.98 Å². The molecule has 0 unspecified atom stereocenters. The lowest BCUT2D eigenvalue weighted by atomic mass is 10.1. The Bertz CT molecular complexity index is 950. The normalized spacial score (nSPS) is 11.0. The van der Waals surface area contributed by atoms with Crippen LogP contribution in [0.3, 0.4) is 0 Å². The van der Waals surface area contributed by atoms with Crippen LogP contribution in [0.15, 0.2) is 30.3 Å². The summed E-state index contributed by atoms with van der Waals surface area (Å²) in [5.41, 5.74) is 2.92. The van der Waals surface area contributed by atoms with Gasteiger partial charge in [-0.2, -0.15) is 5.10 Å². The van der Waals surface area contributed by atoms with Crippen LogP contribution in [-0.4, -0.2) is 45.8 Å². The van der Waals surface area contributed by atoms with E-state index in [-0.39, 0.29) is 5.91 Å². The van der Waals surface area contributed by atoms with Crippen molar-refractivity contribution in [2.45, 2.75) is 13.8 Å². The van der Waals surface area contributed by atoms with E-state index in [9.17, 15) is 4.79 Å². The van der Waals surface area contributed by atoms with Crippen molar-refractivity contribution in [3.8, 4) is 5.75 Å².